The first-order chi connectivity index (χ1) is 12.3. The average Bonchev–Trinajstić information content (AvgIpc) is 2.71. The first-order valence-corrected chi connectivity index (χ1v) is 8.51. The Morgan fingerprint density at radius 1 is 0.778 bits per heavy atom. The fraction of sp³-hybridized carbons (Fsp3) is 0.182. The summed E-state index contributed by atoms with van der Waals surface area (Å²) in [6.07, 6.45) is 1.66. The minimum atomic E-state index is -0.455. The van der Waals surface area contributed by atoms with Gasteiger partial charge >= 0.3 is 0 Å². The van der Waals surface area contributed by atoms with Gasteiger partial charge in [0.1, 0.15) is 5.75 Å². The van der Waals surface area contributed by atoms with Crippen LogP contribution in [0.3, 0.4) is 0 Å². The number of nitrogens with one attached hydrogen (secondary N) is 1. The second-order valence-electron chi connectivity index (χ2n) is 6.09. The smallest absolute Gasteiger partial charge is 0.122 e. The third-order valence-corrected chi connectivity index (χ3v) is 4.74. The summed E-state index contributed by atoms with van der Waals surface area (Å²) in [4.78, 5) is 0. The molecule has 0 aliphatic carbocycles. The van der Waals surface area contributed by atoms with Gasteiger partial charge in [0, 0.05) is 0 Å². The molecule has 0 saturated carbocycles. The molecule has 3 aromatic carbocycles. The van der Waals surface area contributed by atoms with Crippen molar-refractivity contribution in [2.75, 3.05) is 7.11 Å². The molecule has 3 rings (SSSR count). The lowest BCUT2D eigenvalue weighted by atomic mass is 9.79. The number of methoxy groups -OCH3 is 1. The van der Waals surface area contributed by atoms with Crippen LogP contribution in [-0.2, 0) is 12.0 Å². The SMILES string of the molecule is COc1ccccc1CCC(NN)(c1ccccc1)c1ccccc1.Cl.Cl. The van der Waals surface area contributed by atoms with Crippen LogP contribution in [0.15, 0.2) is 84.9 Å². The molecule has 0 aliphatic heterocycles. The highest BCUT2D eigenvalue weighted by Crippen LogP contribution is 2.34. The van der Waals surface area contributed by atoms with Gasteiger partial charge < -0.3 is 4.74 Å². The zero-order valence-electron chi connectivity index (χ0n) is 15.3. The zero-order valence-corrected chi connectivity index (χ0v) is 16.9. The van der Waals surface area contributed by atoms with Gasteiger partial charge in [-0.2, -0.15) is 0 Å². The lowest BCUT2D eigenvalue weighted by Gasteiger charge is -2.35. The highest BCUT2D eigenvalue weighted by molar-refractivity contribution is 5.85. The van der Waals surface area contributed by atoms with Gasteiger partial charge in [-0.05, 0) is 35.6 Å². The van der Waals surface area contributed by atoms with Crippen molar-refractivity contribution in [3.63, 3.8) is 0 Å². The zero-order chi connectivity index (χ0) is 17.5. The number of ether oxygens (including phenoxy) is 1. The first kappa shape index (κ1) is 23.0. The number of halogens is 2. The van der Waals surface area contributed by atoms with Crippen molar-refractivity contribution in [1.82, 2.24) is 5.43 Å². The number of hydrogen-bond donors (Lipinski definition) is 2. The highest BCUT2D eigenvalue weighted by atomic mass is 35.5. The quantitative estimate of drug-likeness (QED) is 0.435. The van der Waals surface area contributed by atoms with E-state index in [-0.39, 0.29) is 24.8 Å². The largest absolute Gasteiger partial charge is 0.496 e. The second-order valence-corrected chi connectivity index (χ2v) is 6.09. The van der Waals surface area contributed by atoms with Crippen molar-refractivity contribution in [2.45, 2.75) is 18.4 Å². The molecule has 0 spiro atoms. The Morgan fingerprint density at radius 2 is 1.26 bits per heavy atom. The normalized spacial score (nSPS) is 10.4. The summed E-state index contributed by atoms with van der Waals surface area (Å²) in [7, 11) is 1.71. The van der Waals surface area contributed by atoms with Crippen molar-refractivity contribution >= 4 is 24.8 Å². The number of rotatable bonds is 7. The van der Waals surface area contributed by atoms with Crippen LogP contribution < -0.4 is 16.0 Å². The number of para-hydroxylation sites is 1. The Balaban J connectivity index is 0.00000182. The standard InChI is InChI=1S/C22H24N2O.2ClH/c1-25-21-15-9-8-10-18(21)16-17-22(24-23,19-11-4-2-5-12-19)20-13-6-3-7-14-20;;/h2-15,24H,16-17,23H2,1H3;2*1H. The number of aryl methyl sites for hydroxylation is 1. The Labute approximate surface area is 173 Å². The summed E-state index contributed by atoms with van der Waals surface area (Å²) in [5, 5.41) is 0. The molecule has 0 bridgehead atoms. The fourth-order valence-corrected chi connectivity index (χ4v) is 3.37. The first-order valence-electron chi connectivity index (χ1n) is 8.51. The van der Waals surface area contributed by atoms with E-state index in [1.165, 1.54) is 5.56 Å². The second kappa shape index (κ2) is 11.0. The summed E-state index contributed by atoms with van der Waals surface area (Å²) in [6.45, 7) is 0. The molecule has 0 aliphatic rings. The molecule has 3 aromatic rings. The minimum Gasteiger partial charge on any atom is -0.496 e. The molecule has 0 atom stereocenters. The monoisotopic (exact) mass is 404 g/mol. The summed E-state index contributed by atoms with van der Waals surface area (Å²) >= 11 is 0. The van der Waals surface area contributed by atoms with E-state index in [1.807, 2.05) is 54.6 Å². The van der Waals surface area contributed by atoms with Crippen LogP contribution in [0.25, 0.3) is 0 Å². The van der Waals surface area contributed by atoms with Gasteiger partial charge in [-0.1, -0.05) is 78.9 Å². The third-order valence-electron chi connectivity index (χ3n) is 4.74. The van der Waals surface area contributed by atoms with Gasteiger partial charge in [0.2, 0.25) is 0 Å². The minimum absolute atomic E-state index is 0. The summed E-state index contributed by atoms with van der Waals surface area (Å²) in [5.41, 5.74) is 6.14. The van der Waals surface area contributed by atoms with Crippen molar-refractivity contribution in [2.24, 2.45) is 5.84 Å². The maximum atomic E-state index is 6.13. The lowest BCUT2D eigenvalue weighted by Crippen LogP contribution is -2.48. The van der Waals surface area contributed by atoms with Crippen LogP contribution in [0.5, 0.6) is 5.75 Å². The van der Waals surface area contributed by atoms with E-state index in [0.717, 1.165) is 29.7 Å². The molecule has 3 N–H and O–H groups in total. The topological polar surface area (TPSA) is 47.3 Å². The molecular weight excluding hydrogens is 379 g/mol. The van der Waals surface area contributed by atoms with Crippen LogP contribution in [0, 0.1) is 0 Å². The number of benzene rings is 3. The average molecular weight is 405 g/mol. The molecule has 3 nitrogen and oxygen atoms in total. The van der Waals surface area contributed by atoms with Crippen molar-refractivity contribution < 1.29 is 4.74 Å². The molecule has 5 heteroatoms. The maximum absolute atomic E-state index is 6.13. The van der Waals surface area contributed by atoms with Gasteiger partial charge in [0.15, 0.2) is 0 Å². The third kappa shape index (κ3) is 5.02. The Kier molecular flexibility index (Phi) is 9.33. The van der Waals surface area contributed by atoms with Crippen LogP contribution in [0.4, 0.5) is 0 Å². The summed E-state index contributed by atoms with van der Waals surface area (Å²) in [5.74, 6) is 7.04. The van der Waals surface area contributed by atoms with Crippen LogP contribution in [0.2, 0.25) is 0 Å². The van der Waals surface area contributed by atoms with E-state index in [2.05, 4.69) is 35.8 Å². The van der Waals surface area contributed by atoms with Crippen molar-refractivity contribution in [1.29, 1.82) is 0 Å². The molecular formula is C22H26Cl2N2O. The maximum Gasteiger partial charge on any atom is 0.122 e. The molecule has 0 saturated heterocycles. The molecule has 27 heavy (non-hydrogen) atoms. The van der Waals surface area contributed by atoms with E-state index >= 15 is 0 Å². The van der Waals surface area contributed by atoms with E-state index < -0.39 is 5.54 Å². The van der Waals surface area contributed by atoms with Crippen LogP contribution in [0.1, 0.15) is 23.1 Å². The van der Waals surface area contributed by atoms with Crippen molar-refractivity contribution in [3.8, 4) is 5.75 Å². The van der Waals surface area contributed by atoms with Crippen LogP contribution >= 0.6 is 24.8 Å². The molecule has 0 radical (unpaired) electrons. The Morgan fingerprint density at radius 3 is 1.74 bits per heavy atom. The number of hydrazine groups is 1. The lowest BCUT2D eigenvalue weighted by molar-refractivity contribution is 0.372. The Bertz CT molecular complexity index is 758. The van der Waals surface area contributed by atoms with Gasteiger partial charge in [-0.25, -0.2) is 5.43 Å². The van der Waals surface area contributed by atoms with Crippen LogP contribution in [-0.4, -0.2) is 7.11 Å². The predicted molar refractivity (Wildman–Crippen MR) is 117 cm³/mol. The summed E-state index contributed by atoms with van der Waals surface area (Å²) in [6, 6.07) is 28.9. The molecule has 0 fully saturated rings. The molecule has 0 heterocycles. The molecule has 144 valence electrons. The fourth-order valence-electron chi connectivity index (χ4n) is 3.37. The summed E-state index contributed by atoms with van der Waals surface area (Å²) < 4.78 is 5.50. The van der Waals surface area contributed by atoms with E-state index in [9.17, 15) is 0 Å². The van der Waals surface area contributed by atoms with E-state index in [0.29, 0.717) is 0 Å². The predicted octanol–water partition coefficient (Wildman–Crippen LogP) is 4.88. The van der Waals surface area contributed by atoms with Gasteiger partial charge in [-0.15, -0.1) is 24.8 Å². The van der Waals surface area contributed by atoms with E-state index in [4.69, 9.17) is 10.6 Å². The van der Waals surface area contributed by atoms with Gasteiger partial charge in [0.05, 0.1) is 12.6 Å². The van der Waals surface area contributed by atoms with E-state index in [1.54, 1.807) is 7.11 Å². The Hall–Kier alpha value is -2.04. The number of hydrogen-bond acceptors (Lipinski definition) is 3. The highest BCUT2D eigenvalue weighted by Gasteiger charge is 2.32. The van der Waals surface area contributed by atoms with Gasteiger partial charge in [0.25, 0.3) is 0 Å². The number of nitrogens with two attached hydrogens (primary N) is 1. The molecule has 0 aromatic heterocycles. The molecule has 0 amide bonds. The van der Waals surface area contributed by atoms with Crippen molar-refractivity contribution in [3.05, 3.63) is 102 Å². The molecule has 0 unspecified atom stereocenters. The van der Waals surface area contributed by atoms with Gasteiger partial charge in [-0.3, -0.25) is 5.84 Å².